The van der Waals surface area contributed by atoms with Gasteiger partial charge in [-0.25, -0.2) is 4.79 Å². The van der Waals surface area contributed by atoms with Gasteiger partial charge in [0.15, 0.2) is 6.61 Å². The summed E-state index contributed by atoms with van der Waals surface area (Å²) in [5.74, 6) is -0.592. The third-order valence-electron chi connectivity index (χ3n) is 5.49. The molecule has 5 nitrogen and oxygen atoms in total. The fourth-order valence-corrected chi connectivity index (χ4v) is 5.02. The van der Waals surface area contributed by atoms with Gasteiger partial charge in [-0.15, -0.1) is 11.8 Å². The second-order valence-electron chi connectivity index (χ2n) is 7.69. The first kappa shape index (κ1) is 19.1. The lowest BCUT2D eigenvalue weighted by atomic mass is 10.2. The number of anilines is 1. The van der Waals surface area contributed by atoms with E-state index in [1.165, 1.54) is 0 Å². The highest BCUT2D eigenvalue weighted by Crippen LogP contribution is 2.39. The third kappa shape index (κ3) is 3.70. The van der Waals surface area contributed by atoms with E-state index < -0.39 is 5.97 Å². The van der Waals surface area contributed by atoms with E-state index >= 15 is 0 Å². The maximum Gasteiger partial charge on any atom is 0.340 e. The zero-order valence-electron chi connectivity index (χ0n) is 16.6. The standard InChI is InChI=1S/C22H26N2O3S/c1-14-12-18(16(3)24(14)17-8-9-17)22(26)27-13-21(25)23-11-10-15(2)28-20-7-5-4-6-19(20)23/h4-7,12,15,17H,8-11,13H2,1-3H3/t15-/m0/s1. The Balaban J connectivity index is 1.46. The van der Waals surface area contributed by atoms with Gasteiger partial charge < -0.3 is 14.2 Å². The number of fused-ring (bicyclic) bond motifs is 1. The van der Waals surface area contributed by atoms with Crippen LogP contribution in [0.3, 0.4) is 0 Å². The number of rotatable bonds is 4. The minimum Gasteiger partial charge on any atom is -0.452 e. The van der Waals surface area contributed by atoms with Gasteiger partial charge in [0, 0.05) is 34.1 Å². The van der Waals surface area contributed by atoms with Gasteiger partial charge in [0.05, 0.1) is 11.3 Å². The molecule has 4 rings (SSSR count). The zero-order chi connectivity index (χ0) is 19.8. The number of carbonyl (C=O) groups is 2. The fraction of sp³-hybridized carbons (Fsp3) is 0.455. The smallest absolute Gasteiger partial charge is 0.340 e. The summed E-state index contributed by atoms with van der Waals surface area (Å²) in [6.07, 6.45) is 3.23. The van der Waals surface area contributed by atoms with E-state index in [2.05, 4.69) is 11.5 Å². The summed E-state index contributed by atoms with van der Waals surface area (Å²) >= 11 is 1.79. The molecule has 1 atom stereocenters. The lowest BCUT2D eigenvalue weighted by Gasteiger charge is -2.22. The van der Waals surface area contributed by atoms with Crippen LogP contribution in [0.2, 0.25) is 0 Å². The Kier molecular flexibility index (Phi) is 5.23. The highest BCUT2D eigenvalue weighted by atomic mass is 32.2. The fourth-order valence-electron chi connectivity index (χ4n) is 3.91. The van der Waals surface area contributed by atoms with Gasteiger partial charge in [0.25, 0.3) is 5.91 Å². The molecule has 6 heteroatoms. The van der Waals surface area contributed by atoms with E-state index in [1.54, 1.807) is 16.7 Å². The number of ether oxygens (including phenoxy) is 1. The third-order valence-corrected chi connectivity index (χ3v) is 6.72. The number of thioether (sulfide) groups is 1. The topological polar surface area (TPSA) is 51.5 Å². The van der Waals surface area contributed by atoms with Gasteiger partial charge >= 0.3 is 5.97 Å². The quantitative estimate of drug-likeness (QED) is 0.711. The molecular formula is C22H26N2O3S. The van der Waals surface area contributed by atoms with Crippen LogP contribution in [0, 0.1) is 13.8 Å². The Morgan fingerprint density at radius 1 is 1.18 bits per heavy atom. The van der Waals surface area contributed by atoms with E-state index in [9.17, 15) is 9.59 Å². The highest BCUT2D eigenvalue weighted by Gasteiger charge is 2.29. The largest absolute Gasteiger partial charge is 0.452 e. The number of esters is 1. The maximum absolute atomic E-state index is 12.9. The molecule has 1 aliphatic heterocycles. The molecule has 2 aromatic rings. The van der Waals surface area contributed by atoms with E-state index in [0.717, 1.165) is 41.2 Å². The van der Waals surface area contributed by atoms with E-state index in [1.807, 2.05) is 44.2 Å². The maximum atomic E-state index is 12.9. The first-order valence-corrected chi connectivity index (χ1v) is 10.7. The number of hydrogen-bond acceptors (Lipinski definition) is 4. The monoisotopic (exact) mass is 398 g/mol. The molecule has 1 saturated carbocycles. The predicted octanol–water partition coefficient (Wildman–Crippen LogP) is 4.51. The van der Waals surface area contributed by atoms with Crippen LogP contribution in [-0.2, 0) is 9.53 Å². The summed E-state index contributed by atoms with van der Waals surface area (Å²) in [5, 5.41) is 0.439. The summed E-state index contributed by atoms with van der Waals surface area (Å²) < 4.78 is 7.64. The van der Waals surface area contributed by atoms with Crippen molar-refractivity contribution < 1.29 is 14.3 Å². The van der Waals surface area contributed by atoms with Crippen LogP contribution in [0.1, 0.15) is 54.0 Å². The van der Waals surface area contributed by atoms with Crippen LogP contribution in [0.5, 0.6) is 0 Å². The van der Waals surface area contributed by atoms with Gasteiger partial charge in [-0.2, -0.15) is 0 Å². The molecule has 1 aliphatic carbocycles. The molecule has 2 aliphatic rings. The van der Waals surface area contributed by atoms with Crippen LogP contribution >= 0.6 is 11.8 Å². The first-order valence-electron chi connectivity index (χ1n) is 9.87. The Bertz CT molecular complexity index is 917. The van der Waals surface area contributed by atoms with Crippen LogP contribution in [0.4, 0.5) is 5.69 Å². The summed E-state index contributed by atoms with van der Waals surface area (Å²) in [6.45, 7) is 6.54. The summed E-state index contributed by atoms with van der Waals surface area (Å²) in [6, 6.07) is 10.3. The molecule has 2 heterocycles. The van der Waals surface area contributed by atoms with Gasteiger partial charge in [-0.05, 0) is 51.3 Å². The Labute approximate surface area is 170 Å². The molecule has 148 valence electrons. The number of hydrogen-bond donors (Lipinski definition) is 0. The van der Waals surface area contributed by atoms with Crippen molar-refractivity contribution in [2.24, 2.45) is 0 Å². The van der Waals surface area contributed by atoms with Crippen LogP contribution in [0.15, 0.2) is 35.2 Å². The molecule has 0 bridgehead atoms. The molecule has 0 radical (unpaired) electrons. The van der Waals surface area contributed by atoms with Crippen molar-refractivity contribution in [1.29, 1.82) is 0 Å². The lowest BCUT2D eigenvalue weighted by Crippen LogP contribution is -2.35. The van der Waals surface area contributed by atoms with E-state index in [-0.39, 0.29) is 12.5 Å². The van der Waals surface area contributed by atoms with Crippen molar-refractivity contribution in [2.75, 3.05) is 18.1 Å². The van der Waals surface area contributed by atoms with Crippen LogP contribution in [0.25, 0.3) is 0 Å². The number of para-hydroxylation sites is 1. The van der Waals surface area contributed by atoms with Gasteiger partial charge in [0.1, 0.15) is 0 Å². The number of amides is 1. The lowest BCUT2D eigenvalue weighted by molar-refractivity contribution is -0.121. The zero-order valence-corrected chi connectivity index (χ0v) is 17.4. The second-order valence-corrected chi connectivity index (χ2v) is 9.17. The molecule has 1 amide bonds. The average Bonchev–Trinajstić information content (AvgIpc) is 3.47. The van der Waals surface area contributed by atoms with E-state index in [4.69, 9.17) is 4.74 Å². The van der Waals surface area contributed by atoms with Crippen molar-refractivity contribution in [1.82, 2.24) is 4.57 Å². The normalized spacial score (nSPS) is 19.1. The van der Waals surface area contributed by atoms with Crippen LogP contribution in [-0.4, -0.2) is 34.8 Å². The predicted molar refractivity (Wildman–Crippen MR) is 111 cm³/mol. The average molecular weight is 399 g/mol. The Hall–Kier alpha value is -2.21. The van der Waals surface area contributed by atoms with Crippen molar-refractivity contribution >= 4 is 29.3 Å². The molecule has 0 spiro atoms. The first-order chi connectivity index (χ1) is 13.5. The van der Waals surface area contributed by atoms with Crippen molar-refractivity contribution in [3.63, 3.8) is 0 Å². The van der Waals surface area contributed by atoms with E-state index in [0.29, 0.717) is 23.4 Å². The minimum atomic E-state index is -0.417. The summed E-state index contributed by atoms with van der Waals surface area (Å²) in [5.41, 5.74) is 3.48. The molecule has 1 aromatic carbocycles. The highest BCUT2D eigenvalue weighted by molar-refractivity contribution is 8.00. The van der Waals surface area contributed by atoms with Crippen molar-refractivity contribution in [3.05, 3.63) is 47.3 Å². The molecule has 28 heavy (non-hydrogen) atoms. The number of aromatic nitrogens is 1. The van der Waals surface area contributed by atoms with Gasteiger partial charge in [-0.1, -0.05) is 19.1 Å². The summed E-state index contributed by atoms with van der Waals surface area (Å²) in [7, 11) is 0. The molecule has 0 N–H and O–H groups in total. The summed E-state index contributed by atoms with van der Waals surface area (Å²) in [4.78, 5) is 28.3. The Morgan fingerprint density at radius 2 is 1.93 bits per heavy atom. The molecule has 1 aromatic heterocycles. The van der Waals surface area contributed by atoms with Gasteiger partial charge in [0.2, 0.25) is 0 Å². The Morgan fingerprint density at radius 3 is 2.68 bits per heavy atom. The molecule has 0 saturated heterocycles. The number of aryl methyl sites for hydroxylation is 1. The molecule has 1 fully saturated rings. The van der Waals surface area contributed by atoms with Gasteiger partial charge in [-0.3, -0.25) is 4.79 Å². The number of benzene rings is 1. The second kappa shape index (κ2) is 7.66. The van der Waals surface area contributed by atoms with Crippen molar-refractivity contribution in [2.45, 2.75) is 56.2 Å². The SMILES string of the molecule is Cc1cc(C(=O)OCC(=O)N2CC[C@H](C)Sc3ccccc32)c(C)n1C1CC1. The number of nitrogens with zero attached hydrogens (tertiary/aromatic N) is 2. The molecular weight excluding hydrogens is 372 g/mol. The molecule has 0 unspecified atom stereocenters. The van der Waals surface area contributed by atoms with Crippen LogP contribution < -0.4 is 4.90 Å². The minimum absolute atomic E-state index is 0.175. The van der Waals surface area contributed by atoms with Crippen molar-refractivity contribution in [3.8, 4) is 0 Å². The number of carbonyl (C=O) groups excluding carboxylic acids is 2.